The Bertz CT molecular complexity index is 643. The van der Waals surface area contributed by atoms with E-state index in [1.54, 1.807) is 25.3 Å². The lowest BCUT2D eigenvalue weighted by Crippen LogP contribution is -2.22. The second-order valence-corrected chi connectivity index (χ2v) is 9.75. The Morgan fingerprint density at radius 2 is 1.36 bits per heavy atom. The number of rotatable bonds is 8. The smallest absolute Gasteiger partial charge is 0.363 e. The summed E-state index contributed by atoms with van der Waals surface area (Å²) in [6.45, 7) is 0. The molecule has 0 spiro atoms. The Morgan fingerprint density at radius 3 is 1.82 bits per heavy atom. The lowest BCUT2D eigenvalue weighted by Gasteiger charge is -2.33. The predicted octanol–water partition coefficient (Wildman–Crippen LogP) is 5.59. The van der Waals surface area contributed by atoms with E-state index in [4.69, 9.17) is 18.5 Å². The molecule has 3 rings (SSSR count). The largest absolute Gasteiger partial charge is 0.493 e. The second kappa shape index (κ2) is 10.1. The molecule has 2 aliphatic rings. The first-order valence-corrected chi connectivity index (χ1v) is 12.0. The fraction of sp³-hybridized carbons (Fsp3) is 0.714. The van der Waals surface area contributed by atoms with Crippen molar-refractivity contribution in [3.8, 4) is 11.5 Å². The number of hydrogen-bond acceptors (Lipinski definition) is 6. The molecular weight excluding hydrogens is 379 g/mol. The normalized spacial score (nSPS) is 20.7. The molecular formula is C21H33O6P. The van der Waals surface area contributed by atoms with E-state index in [9.17, 15) is 9.67 Å². The maximum Gasteiger partial charge on any atom is 0.363 e. The van der Waals surface area contributed by atoms with Gasteiger partial charge in [0.2, 0.25) is 0 Å². The standard InChI is InChI=1S/C21H33O6P/c1-24-19-14-13-16(15-20(19)25-2)21(22)28(23,26-17-9-5-3-6-10-17)27-18-11-7-4-8-12-18/h13-15,17-18,21-22H,3-12H2,1-2H3/t21-/m1/s1. The fourth-order valence-electron chi connectivity index (χ4n) is 4.09. The van der Waals surface area contributed by atoms with Crippen molar-refractivity contribution in [3.05, 3.63) is 23.8 Å². The molecule has 1 N–H and O–H groups in total. The minimum atomic E-state index is -3.76. The zero-order valence-corrected chi connectivity index (χ0v) is 17.9. The highest BCUT2D eigenvalue weighted by Gasteiger charge is 2.41. The number of aliphatic hydroxyl groups excluding tert-OH is 1. The van der Waals surface area contributed by atoms with Crippen molar-refractivity contribution in [1.82, 2.24) is 0 Å². The number of hydrogen-bond donors (Lipinski definition) is 1. The Morgan fingerprint density at radius 1 is 0.857 bits per heavy atom. The van der Waals surface area contributed by atoms with Gasteiger partial charge in [0, 0.05) is 0 Å². The van der Waals surface area contributed by atoms with Gasteiger partial charge in [-0.2, -0.15) is 0 Å². The van der Waals surface area contributed by atoms with Crippen LogP contribution in [0.15, 0.2) is 18.2 Å². The van der Waals surface area contributed by atoms with Gasteiger partial charge in [-0.05, 0) is 43.4 Å². The third kappa shape index (κ3) is 5.29. The molecule has 0 heterocycles. The molecule has 0 aliphatic heterocycles. The van der Waals surface area contributed by atoms with Crippen molar-refractivity contribution in [1.29, 1.82) is 0 Å². The summed E-state index contributed by atoms with van der Waals surface area (Å²) in [6.07, 6.45) is 9.75. The minimum absolute atomic E-state index is 0.127. The van der Waals surface area contributed by atoms with Crippen molar-refractivity contribution in [3.63, 3.8) is 0 Å². The first-order chi connectivity index (χ1) is 13.6. The average Bonchev–Trinajstić information content (AvgIpc) is 2.74. The van der Waals surface area contributed by atoms with Crippen LogP contribution in [-0.4, -0.2) is 31.5 Å². The van der Waals surface area contributed by atoms with E-state index in [0.29, 0.717) is 17.1 Å². The van der Waals surface area contributed by atoms with Gasteiger partial charge in [-0.3, -0.25) is 4.57 Å². The van der Waals surface area contributed by atoms with E-state index < -0.39 is 13.4 Å². The lowest BCUT2D eigenvalue weighted by atomic mass is 9.98. The quantitative estimate of drug-likeness (QED) is 0.561. The van der Waals surface area contributed by atoms with E-state index in [1.807, 2.05) is 0 Å². The van der Waals surface area contributed by atoms with E-state index >= 15 is 0 Å². The molecule has 2 aliphatic carbocycles. The van der Waals surface area contributed by atoms with Crippen LogP contribution in [0.3, 0.4) is 0 Å². The third-order valence-corrected chi connectivity index (χ3v) is 7.78. The van der Waals surface area contributed by atoms with Gasteiger partial charge in [-0.15, -0.1) is 0 Å². The van der Waals surface area contributed by atoms with Crippen molar-refractivity contribution < 1.29 is 28.2 Å². The molecule has 158 valence electrons. The van der Waals surface area contributed by atoms with Gasteiger partial charge in [-0.25, -0.2) is 0 Å². The van der Waals surface area contributed by atoms with E-state index in [-0.39, 0.29) is 12.2 Å². The molecule has 0 unspecified atom stereocenters. The molecule has 6 nitrogen and oxygen atoms in total. The molecule has 7 heteroatoms. The zero-order valence-electron chi connectivity index (χ0n) is 17.0. The molecule has 1 atom stereocenters. The summed E-state index contributed by atoms with van der Waals surface area (Å²) in [4.78, 5) is 0. The molecule has 0 amide bonds. The van der Waals surface area contributed by atoms with Crippen molar-refractivity contribution >= 4 is 7.60 Å². The van der Waals surface area contributed by atoms with Gasteiger partial charge >= 0.3 is 7.60 Å². The maximum absolute atomic E-state index is 13.8. The van der Waals surface area contributed by atoms with Gasteiger partial charge in [0.05, 0.1) is 26.4 Å². The molecule has 28 heavy (non-hydrogen) atoms. The van der Waals surface area contributed by atoms with Crippen molar-refractivity contribution in [2.75, 3.05) is 14.2 Å². The molecule has 0 bridgehead atoms. The van der Waals surface area contributed by atoms with E-state index in [2.05, 4.69) is 0 Å². The summed E-state index contributed by atoms with van der Waals surface area (Å²) in [6, 6.07) is 5.03. The summed E-state index contributed by atoms with van der Waals surface area (Å²) in [5.74, 6) is -0.327. The maximum atomic E-state index is 13.8. The van der Waals surface area contributed by atoms with Crippen LogP contribution in [0.25, 0.3) is 0 Å². The molecule has 0 saturated heterocycles. The van der Waals surface area contributed by atoms with Crippen LogP contribution < -0.4 is 9.47 Å². The topological polar surface area (TPSA) is 74.2 Å². The van der Waals surface area contributed by atoms with Crippen molar-refractivity contribution in [2.45, 2.75) is 82.3 Å². The zero-order chi connectivity index (χ0) is 20.0. The first kappa shape index (κ1) is 21.6. The van der Waals surface area contributed by atoms with Gasteiger partial charge in [-0.1, -0.05) is 44.6 Å². The highest BCUT2D eigenvalue weighted by molar-refractivity contribution is 7.54. The molecule has 0 radical (unpaired) electrons. The van der Waals surface area contributed by atoms with Crippen LogP contribution in [0.5, 0.6) is 11.5 Å². The third-order valence-electron chi connectivity index (χ3n) is 5.70. The van der Waals surface area contributed by atoms with Gasteiger partial charge in [0.1, 0.15) is 0 Å². The predicted molar refractivity (Wildman–Crippen MR) is 108 cm³/mol. The first-order valence-electron chi connectivity index (χ1n) is 10.4. The van der Waals surface area contributed by atoms with Crippen LogP contribution in [0.2, 0.25) is 0 Å². The Kier molecular flexibility index (Phi) is 7.81. The lowest BCUT2D eigenvalue weighted by molar-refractivity contribution is 0.0544. The molecule has 1 aromatic carbocycles. The van der Waals surface area contributed by atoms with E-state index in [0.717, 1.165) is 51.4 Å². The van der Waals surface area contributed by atoms with Crippen LogP contribution in [0.1, 0.15) is 75.6 Å². The van der Waals surface area contributed by atoms with E-state index in [1.165, 1.54) is 20.0 Å². The Hall–Kier alpha value is -1.07. The monoisotopic (exact) mass is 412 g/mol. The van der Waals surface area contributed by atoms with Gasteiger partial charge < -0.3 is 23.6 Å². The summed E-state index contributed by atoms with van der Waals surface area (Å²) >= 11 is 0. The summed E-state index contributed by atoms with van der Waals surface area (Å²) in [7, 11) is -0.679. The van der Waals surface area contributed by atoms with Crippen LogP contribution in [0, 0.1) is 0 Å². The van der Waals surface area contributed by atoms with Crippen LogP contribution >= 0.6 is 7.60 Å². The second-order valence-electron chi connectivity index (χ2n) is 7.76. The van der Waals surface area contributed by atoms with Crippen LogP contribution in [-0.2, 0) is 13.6 Å². The Balaban J connectivity index is 1.84. The van der Waals surface area contributed by atoms with Crippen LogP contribution in [0.4, 0.5) is 0 Å². The number of benzene rings is 1. The van der Waals surface area contributed by atoms with Gasteiger partial charge in [0.15, 0.2) is 17.3 Å². The Labute approximate surface area is 168 Å². The van der Waals surface area contributed by atoms with Gasteiger partial charge in [0.25, 0.3) is 0 Å². The van der Waals surface area contributed by atoms with Crippen molar-refractivity contribution in [2.24, 2.45) is 0 Å². The highest BCUT2D eigenvalue weighted by Crippen LogP contribution is 2.63. The molecule has 2 fully saturated rings. The fourth-order valence-corrected chi connectivity index (χ4v) is 6.15. The molecule has 2 saturated carbocycles. The minimum Gasteiger partial charge on any atom is -0.493 e. The molecule has 1 aromatic rings. The number of methoxy groups -OCH3 is 2. The molecule has 0 aromatic heterocycles. The summed E-state index contributed by atoms with van der Waals surface area (Å²) < 4.78 is 36.5. The summed E-state index contributed by atoms with van der Waals surface area (Å²) in [5.41, 5.74) is 0.451. The average molecular weight is 412 g/mol. The highest BCUT2D eigenvalue weighted by atomic mass is 31.2. The number of aliphatic hydroxyl groups is 1. The SMILES string of the molecule is COc1ccc([C@H](O)P(=O)(OC2CCCCC2)OC2CCCCC2)cc1OC. The summed E-state index contributed by atoms with van der Waals surface area (Å²) in [5, 5.41) is 11.1. The number of ether oxygens (including phenoxy) is 2.